The van der Waals surface area contributed by atoms with Crippen LogP contribution in [0.2, 0.25) is 0 Å². The van der Waals surface area contributed by atoms with Crippen molar-refractivity contribution in [2.24, 2.45) is 0 Å². The first-order chi connectivity index (χ1) is 12.6. The molecule has 9 heteroatoms. The van der Waals surface area contributed by atoms with Crippen LogP contribution in [0.5, 0.6) is 0 Å². The first-order valence-electron chi connectivity index (χ1n) is 8.53. The van der Waals surface area contributed by atoms with Gasteiger partial charge in [-0.2, -0.15) is 9.78 Å². The minimum absolute atomic E-state index is 0.165. The Morgan fingerprint density at radius 3 is 2.81 bits per heavy atom. The average Bonchev–Trinajstić information content (AvgIpc) is 3.28. The number of anilines is 1. The van der Waals surface area contributed by atoms with Gasteiger partial charge < -0.3 is 10.2 Å². The average molecular weight is 354 g/mol. The molecule has 2 heterocycles. The Morgan fingerprint density at radius 1 is 1.31 bits per heavy atom. The highest BCUT2D eigenvalue weighted by atomic mass is 16.2. The van der Waals surface area contributed by atoms with E-state index in [2.05, 4.69) is 25.9 Å². The van der Waals surface area contributed by atoms with Crippen LogP contribution in [0.4, 0.5) is 10.5 Å². The molecule has 1 aromatic carbocycles. The van der Waals surface area contributed by atoms with E-state index in [4.69, 9.17) is 0 Å². The molecular weight excluding hydrogens is 332 g/mol. The molecule has 3 aromatic rings. The van der Waals surface area contributed by atoms with Crippen LogP contribution in [0.1, 0.15) is 25.2 Å². The van der Waals surface area contributed by atoms with Crippen molar-refractivity contribution in [3.8, 4) is 5.69 Å². The Labute approximate surface area is 151 Å². The Kier molecular flexibility index (Phi) is 5.26. The van der Waals surface area contributed by atoms with Gasteiger partial charge in [0.25, 0.3) is 0 Å². The van der Waals surface area contributed by atoms with Crippen LogP contribution in [0.25, 0.3) is 5.69 Å². The van der Waals surface area contributed by atoms with Gasteiger partial charge in [0, 0.05) is 30.5 Å². The monoisotopic (exact) mass is 354 g/mol. The number of tetrazole rings is 1. The lowest BCUT2D eigenvalue weighted by atomic mass is 10.2. The lowest BCUT2D eigenvalue weighted by Gasteiger charge is -2.21. The molecule has 2 amide bonds. The third-order valence-electron chi connectivity index (χ3n) is 4.02. The number of aryl methyl sites for hydroxylation is 2. The van der Waals surface area contributed by atoms with Crippen molar-refractivity contribution in [2.75, 3.05) is 11.9 Å². The molecular formula is C17H22N8O. The summed E-state index contributed by atoms with van der Waals surface area (Å²) in [4.78, 5) is 14.4. The van der Waals surface area contributed by atoms with Crippen LogP contribution in [0.3, 0.4) is 0 Å². The van der Waals surface area contributed by atoms with Crippen LogP contribution in [0, 0.1) is 6.92 Å². The summed E-state index contributed by atoms with van der Waals surface area (Å²) < 4.78 is 3.46. The first-order valence-corrected chi connectivity index (χ1v) is 8.53. The minimum Gasteiger partial charge on any atom is -0.320 e. The van der Waals surface area contributed by atoms with Gasteiger partial charge in [-0.05, 0) is 49.4 Å². The molecule has 0 radical (unpaired) electrons. The van der Waals surface area contributed by atoms with E-state index in [1.165, 1.54) is 0 Å². The van der Waals surface area contributed by atoms with E-state index in [0.717, 1.165) is 17.8 Å². The minimum atomic E-state index is -0.165. The number of hydrogen-bond donors (Lipinski definition) is 1. The van der Waals surface area contributed by atoms with Crippen molar-refractivity contribution >= 4 is 11.7 Å². The van der Waals surface area contributed by atoms with E-state index in [-0.39, 0.29) is 6.03 Å². The number of rotatable bonds is 6. The standard InChI is InChI=1S/C17H22N8O/c1-4-23(11-14-10-18-24(5-2)12-14)17(26)19-15-7-6-8-16(9-15)25-13(3)20-21-22-25/h6-10,12H,4-5,11H2,1-3H3,(H,19,26). The lowest BCUT2D eigenvalue weighted by Crippen LogP contribution is -2.34. The van der Waals surface area contributed by atoms with Crippen molar-refractivity contribution in [3.63, 3.8) is 0 Å². The highest BCUT2D eigenvalue weighted by molar-refractivity contribution is 5.89. The van der Waals surface area contributed by atoms with Crippen LogP contribution in [-0.2, 0) is 13.1 Å². The number of carbonyl (C=O) groups is 1. The van der Waals surface area contributed by atoms with Gasteiger partial charge in [0.15, 0.2) is 5.82 Å². The number of benzene rings is 1. The Morgan fingerprint density at radius 2 is 2.15 bits per heavy atom. The molecule has 0 atom stereocenters. The molecule has 2 aromatic heterocycles. The maximum Gasteiger partial charge on any atom is 0.322 e. The number of nitrogens with zero attached hydrogens (tertiary/aromatic N) is 7. The second kappa shape index (κ2) is 7.77. The molecule has 0 saturated heterocycles. The number of hydrogen-bond acceptors (Lipinski definition) is 5. The predicted octanol–water partition coefficient (Wildman–Crippen LogP) is 2.24. The van der Waals surface area contributed by atoms with Crippen LogP contribution < -0.4 is 5.32 Å². The van der Waals surface area contributed by atoms with Crippen molar-refractivity contribution < 1.29 is 4.79 Å². The van der Waals surface area contributed by atoms with E-state index >= 15 is 0 Å². The molecule has 0 bridgehead atoms. The van der Waals surface area contributed by atoms with Gasteiger partial charge in [-0.25, -0.2) is 4.79 Å². The van der Waals surface area contributed by atoms with Gasteiger partial charge >= 0.3 is 6.03 Å². The fourth-order valence-electron chi connectivity index (χ4n) is 2.60. The van der Waals surface area contributed by atoms with Gasteiger partial charge in [-0.1, -0.05) is 6.07 Å². The highest BCUT2D eigenvalue weighted by Gasteiger charge is 2.14. The number of amides is 2. The topological polar surface area (TPSA) is 93.8 Å². The van der Waals surface area contributed by atoms with Gasteiger partial charge in [-0.15, -0.1) is 5.10 Å². The summed E-state index contributed by atoms with van der Waals surface area (Å²) in [5.74, 6) is 0.677. The summed E-state index contributed by atoms with van der Waals surface area (Å²) in [5.41, 5.74) is 2.48. The van der Waals surface area contributed by atoms with Crippen LogP contribution in [-0.4, -0.2) is 47.5 Å². The second-order valence-corrected chi connectivity index (χ2v) is 5.84. The number of nitrogens with one attached hydrogen (secondary N) is 1. The Balaban J connectivity index is 1.70. The quantitative estimate of drug-likeness (QED) is 0.733. The molecule has 3 rings (SSSR count). The highest BCUT2D eigenvalue weighted by Crippen LogP contribution is 2.16. The fraction of sp³-hybridized carbons (Fsp3) is 0.353. The van der Waals surface area contributed by atoms with Crippen LogP contribution >= 0.6 is 0 Å². The molecule has 0 fully saturated rings. The zero-order chi connectivity index (χ0) is 18.5. The number of urea groups is 1. The summed E-state index contributed by atoms with van der Waals surface area (Å²) in [6.07, 6.45) is 3.75. The van der Waals surface area contributed by atoms with Gasteiger partial charge in [0.05, 0.1) is 18.4 Å². The summed E-state index contributed by atoms with van der Waals surface area (Å²) in [5, 5.41) is 18.7. The van der Waals surface area contributed by atoms with Crippen LogP contribution in [0.15, 0.2) is 36.7 Å². The summed E-state index contributed by atoms with van der Waals surface area (Å²) >= 11 is 0. The Hall–Kier alpha value is -3.23. The molecule has 0 saturated carbocycles. The normalized spacial score (nSPS) is 10.7. The van der Waals surface area contributed by atoms with E-state index in [1.54, 1.807) is 15.8 Å². The van der Waals surface area contributed by atoms with Gasteiger partial charge in [-0.3, -0.25) is 4.68 Å². The van der Waals surface area contributed by atoms with Crippen molar-refractivity contribution in [1.29, 1.82) is 0 Å². The summed E-state index contributed by atoms with van der Waals surface area (Å²) in [6, 6.07) is 7.25. The summed E-state index contributed by atoms with van der Waals surface area (Å²) in [6.45, 7) is 7.70. The van der Waals surface area contributed by atoms with Gasteiger partial charge in [0.1, 0.15) is 0 Å². The molecule has 0 spiro atoms. The third kappa shape index (κ3) is 3.88. The molecule has 0 unspecified atom stereocenters. The molecule has 9 nitrogen and oxygen atoms in total. The first kappa shape index (κ1) is 17.6. The van der Waals surface area contributed by atoms with Gasteiger partial charge in [0.2, 0.25) is 0 Å². The van der Waals surface area contributed by atoms with E-state index in [9.17, 15) is 4.79 Å². The molecule has 1 N–H and O–H groups in total. The smallest absolute Gasteiger partial charge is 0.320 e. The van der Waals surface area contributed by atoms with Crippen molar-refractivity contribution in [2.45, 2.75) is 33.9 Å². The van der Waals surface area contributed by atoms with E-state index in [1.807, 2.05) is 55.9 Å². The summed E-state index contributed by atoms with van der Waals surface area (Å²) in [7, 11) is 0. The maximum atomic E-state index is 12.6. The van der Waals surface area contributed by atoms with Crippen molar-refractivity contribution in [1.82, 2.24) is 34.9 Å². The number of aromatic nitrogens is 6. The number of carbonyl (C=O) groups excluding carboxylic acids is 1. The van der Waals surface area contributed by atoms with E-state index < -0.39 is 0 Å². The third-order valence-corrected chi connectivity index (χ3v) is 4.02. The maximum absolute atomic E-state index is 12.6. The van der Waals surface area contributed by atoms with E-state index in [0.29, 0.717) is 24.6 Å². The Bertz CT molecular complexity index is 884. The SMILES string of the molecule is CCN(Cc1cnn(CC)c1)C(=O)Nc1cccc(-n2nnnc2C)c1. The second-order valence-electron chi connectivity index (χ2n) is 5.84. The zero-order valence-electron chi connectivity index (χ0n) is 15.1. The molecule has 0 aliphatic rings. The van der Waals surface area contributed by atoms with Crippen molar-refractivity contribution in [3.05, 3.63) is 48.0 Å². The molecule has 26 heavy (non-hydrogen) atoms. The lowest BCUT2D eigenvalue weighted by molar-refractivity contribution is 0.212. The molecule has 0 aliphatic carbocycles. The fourth-order valence-corrected chi connectivity index (χ4v) is 2.60. The largest absolute Gasteiger partial charge is 0.322 e. The predicted molar refractivity (Wildman–Crippen MR) is 96.9 cm³/mol. The molecule has 0 aliphatic heterocycles. The zero-order valence-corrected chi connectivity index (χ0v) is 15.1. The molecule has 136 valence electrons.